The number of likely N-dealkylation sites (N-methyl/N-ethyl adjacent to an activating group) is 1. The Hall–Kier alpha value is -8.56. The summed E-state index contributed by atoms with van der Waals surface area (Å²) in [6.07, 6.45) is 41.5. The second kappa shape index (κ2) is 18.7. The lowest BCUT2D eigenvalue weighted by Crippen LogP contribution is -2.22. The van der Waals surface area contributed by atoms with Crippen LogP contribution < -0.4 is 20.9 Å². The van der Waals surface area contributed by atoms with Gasteiger partial charge in [0.1, 0.15) is 22.7 Å². The Morgan fingerprint density at radius 1 is 0.809 bits per heavy atom. The van der Waals surface area contributed by atoms with Crippen LogP contribution in [-0.2, 0) is 6.42 Å². The predicted molar refractivity (Wildman–Crippen MR) is 286 cm³/mol. The number of hydrogen-bond donors (Lipinski definition) is 2. The Balaban J connectivity index is 1.05. The van der Waals surface area contributed by atoms with Gasteiger partial charge in [0.05, 0.1) is 22.8 Å². The summed E-state index contributed by atoms with van der Waals surface area (Å²) in [6, 6.07) is 19.7. The van der Waals surface area contributed by atoms with Crippen molar-refractivity contribution in [2.24, 2.45) is 15.7 Å². The van der Waals surface area contributed by atoms with Gasteiger partial charge in [-0.05, 0) is 147 Å². The van der Waals surface area contributed by atoms with Crippen molar-refractivity contribution in [3.63, 3.8) is 0 Å². The zero-order valence-corrected chi connectivity index (χ0v) is 39.1. The Morgan fingerprint density at radius 2 is 1.51 bits per heavy atom. The van der Waals surface area contributed by atoms with Crippen LogP contribution in [0.1, 0.15) is 74.1 Å². The average Bonchev–Trinajstić information content (AvgIpc) is 3.63. The summed E-state index contributed by atoms with van der Waals surface area (Å²) in [6.45, 7) is 8.32. The lowest BCUT2D eigenvalue weighted by Gasteiger charge is -2.31. The smallest absolute Gasteiger partial charge is 0.135 e. The molecule has 1 aromatic heterocycles. The highest BCUT2D eigenvalue weighted by atomic mass is 16.3. The zero-order valence-electron chi connectivity index (χ0n) is 39.1. The van der Waals surface area contributed by atoms with Crippen LogP contribution in [0.3, 0.4) is 0 Å². The first-order valence-corrected chi connectivity index (χ1v) is 23.3. The fourth-order valence-corrected chi connectivity index (χ4v) is 9.47. The van der Waals surface area contributed by atoms with E-state index in [-0.39, 0.29) is 0 Å². The normalized spacial score (nSPS) is 17.5. The molecule has 7 heteroatoms. The van der Waals surface area contributed by atoms with Crippen LogP contribution in [0.5, 0.6) is 0 Å². The van der Waals surface area contributed by atoms with Gasteiger partial charge in [0.2, 0.25) is 0 Å². The molecule has 2 aliphatic carbocycles. The summed E-state index contributed by atoms with van der Waals surface area (Å²) >= 11 is 0. The molecule has 0 unspecified atom stereocenters. The minimum atomic E-state index is 0.725. The highest BCUT2D eigenvalue weighted by molar-refractivity contribution is 5.99. The van der Waals surface area contributed by atoms with Gasteiger partial charge >= 0.3 is 0 Å². The number of aliphatic imine (C=N–C) groups is 2. The molecule has 0 amide bonds. The van der Waals surface area contributed by atoms with Crippen molar-refractivity contribution in [2.75, 3.05) is 16.8 Å². The molecule has 3 N–H and O–H groups in total. The number of fused-ring (bicyclic) bond motifs is 5. The summed E-state index contributed by atoms with van der Waals surface area (Å²) in [7, 11) is 1.94. The van der Waals surface area contributed by atoms with E-state index in [1.807, 2.05) is 88.0 Å². The molecule has 0 radical (unpaired) electrons. The minimum Gasteiger partial charge on any atom is -0.460 e. The topological polar surface area (TPSA) is 82.4 Å². The van der Waals surface area contributed by atoms with E-state index in [0.717, 1.165) is 143 Å². The number of nitrogens with two attached hydrogens (primary N) is 1. The molecule has 0 atom stereocenters. The van der Waals surface area contributed by atoms with Crippen LogP contribution >= 0.6 is 0 Å². The molecule has 0 fully saturated rings. The summed E-state index contributed by atoms with van der Waals surface area (Å²) in [5.41, 5.74) is 36.9. The van der Waals surface area contributed by atoms with Gasteiger partial charge in [0.25, 0.3) is 0 Å². The molecule has 332 valence electrons. The number of nitrogens with zero attached hydrogens (tertiary/aromatic N) is 4. The maximum absolute atomic E-state index is 6.65. The van der Waals surface area contributed by atoms with Crippen LogP contribution in [0, 0.1) is 0 Å². The van der Waals surface area contributed by atoms with E-state index >= 15 is 0 Å². The number of benzene rings is 3. The molecule has 0 saturated heterocycles. The maximum Gasteiger partial charge on any atom is 0.135 e. The Kier molecular flexibility index (Phi) is 11.9. The number of anilines is 3. The number of allylic oxidation sites excluding steroid dienone is 18. The maximum atomic E-state index is 6.65. The third-order valence-corrected chi connectivity index (χ3v) is 12.6. The van der Waals surface area contributed by atoms with Gasteiger partial charge in [-0.3, -0.25) is 0 Å². The van der Waals surface area contributed by atoms with Crippen LogP contribution in [0.2, 0.25) is 0 Å². The molecule has 6 aliphatic rings. The van der Waals surface area contributed by atoms with E-state index in [0.29, 0.717) is 0 Å². The SMILES string of the molecule is C/C=C\C=C(/N)C1=CCCC=C1c1ccc2c(c1)C1=C=C(C=CC=N1)N2/C(C)=C/c1c(CC)oc2ccc(N3C4=C=C(N=CC=C4)c4cc(C5=CC=CC=C=C5/C(=C/C=C\C)NC)ccc43)cc12. The Bertz CT molecular complexity index is 3460. The van der Waals surface area contributed by atoms with Crippen molar-refractivity contribution in [3.8, 4) is 0 Å². The monoisotopic (exact) mass is 884 g/mol. The predicted octanol–water partition coefficient (Wildman–Crippen LogP) is 14.2. The first-order valence-electron chi connectivity index (χ1n) is 23.3. The summed E-state index contributed by atoms with van der Waals surface area (Å²) in [4.78, 5) is 14.3. The highest BCUT2D eigenvalue weighted by Crippen LogP contribution is 2.46. The van der Waals surface area contributed by atoms with Gasteiger partial charge in [-0.1, -0.05) is 85.2 Å². The van der Waals surface area contributed by atoms with Gasteiger partial charge in [0.15, 0.2) is 0 Å². The van der Waals surface area contributed by atoms with Crippen LogP contribution in [0.4, 0.5) is 17.1 Å². The zero-order chi connectivity index (χ0) is 46.7. The van der Waals surface area contributed by atoms with Crippen molar-refractivity contribution < 1.29 is 4.42 Å². The van der Waals surface area contributed by atoms with Gasteiger partial charge < -0.3 is 25.3 Å². The largest absolute Gasteiger partial charge is 0.460 e. The van der Waals surface area contributed by atoms with E-state index in [4.69, 9.17) is 20.1 Å². The lowest BCUT2D eigenvalue weighted by molar-refractivity contribution is 0.556. The van der Waals surface area contributed by atoms with Gasteiger partial charge in [-0.15, -0.1) is 5.73 Å². The molecule has 0 saturated carbocycles. The van der Waals surface area contributed by atoms with Crippen molar-refractivity contribution in [3.05, 3.63) is 242 Å². The molecule has 68 heavy (non-hydrogen) atoms. The quantitative estimate of drug-likeness (QED) is 0.116. The average molecular weight is 885 g/mol. The van der Waals surface area contributed by atoms with Gasteiger partial charge in [-0.2, -0.15) is 0 Å². The molecular formula is C61H52N6O. The van der Waals surface area contributed by atoms with E-state index in [1.165, 1.54) is 0 Å². The number of nitrogens with one attached hydrogen (secondary N) is 1. The fourth-order valence-electron chi connectivity index (χ4n) is 9.47. The third kappa shape index (κ3) is 7.98. The number of furan rings is 1. The number of aryl methyl sites for hydroxylation is 1. The number of hydrogen-bond acceptors (Lipinski definition) is 7. The Morgan fingerprint density at radius 3 is 2.28 bits per heavy atom. The molecule has 5 heterocycles. The second-order valence-electron chi connectivity index (χ2n) is 16.9. The molecule has 0 spiro atoms. The van der Waals surface area contributed by atoms with E-state index in [2.05, 4.69) is 149 Å². The molecule has 3 aromatic carbocycles. The number of rotatable bonds is 11. The van der Waals surface area contributed by atoms with E-state index in [1.54, 1.807) is 0 Å². The van der Waals surface area contributed by atoms with Gasteiger partial charge in [-0.25, -0.2) is 9.98 Å². The molecule has 4 aliphatic heterocycles. The van der Waals surface area contributed by atoms with Crippen LogP contribution in [0.15, 0.2) is 223 Å². The standard InChI is InChI=1S/C61H52N6O/c1-6-9-24-54(62)48-22-15-14-21-46(48)41-26-29-58-52(35-41)56-38-43(18-16-32-64-56)66(58)40(4)34-50-51-37-45(28-31-61(51)68-60(50)8-3)67-44-19-17-33-65-57(39-44)53-36-42(27-30-59(53)67)47-20-12-11-13-23-49(47)55(63-5)25-10-7-2/h6-7,9-13,16-22,24-37,63H,8,14-15,62H2,1-5H3/b9-6-,10-7-,40-34+,54-24-,55-25-. The fraction of sp³-hybridized carbons (Fsp3) is 0.131. The van der Waals surface area contributed by atoms with E-state index in [9.17, 15) is 0 Å². The Labute approximate surface area is 398 Å². The summed E-state index contributed by atoms with van der Waals surface area (Å²) < 4.78 is 6.64. The van der Waals surface area contributed by atoms with Crippen molar-refractivity contribution in [1.29, 1.82) is 0 Å². The summed E-state index contributed by atoms with van der Waals surface area (Å²) in [5, 5.41) is 4.41. The molecule has 4 bridgehead atoms. The van der Waals surface area contributed by atoms with Crippen molar-refractivity contribution >= 4 is 69.1 Å². The first-order chi connectivity index (χ1) is 33.4. The van der Waals surface area contributed by atoms with Crippen LogP contribution in [0.25, 0.3) is 39.6 Å². The highest BCUT2D eigenvalue weighted by Gasteiger charge is 2.28. The third-order valence-electron chi connectivity index (χ3n) is 12.6. The molecule has 7 nitrogen and oxygen atoms in total. The molecule has 4 aromatic rings. The van der Waals surface area contributed by atoms with Crippen molar-refractivity contribution in [2.45, 2.75) is 47.0 Å². The van der Waals surface area contributed by atoms with Crippen molar-refractivity contribution in [1.82, 2.24) is 5.32 Å². The van der Waals surface area contributed by atoms with Crippen LogP contribution in [-0.4, -0.2) is 19.5 Å². The second-order valence-corrected chi connectivity index (χ2v) is 16.9. The van der Waals surface area contributed by atoms with E-state index < -0.39 is 0 Å². The minimum absolute atomic E-state index is 0.725. The lowest BCUT2D eigenvalue weighted by atomic mass is 9.88. The molecular weight excluding hydrogens is 833 g/mol. The van der Waals surface area contributed by atoms with Gasteiger partial charge in [0, 0.05) is 81.9 Å². The first kappa shape index (κ1) is 43.3. The molecule has 10 rings (SSSR count). The summed E-state index contributed by atoms with van der Waals surface area (Å²) in [5.74, 6) is 0.919.